The van der Waals surface area contributed by atoms with Crippen LogP contribution in [-0.2, 0) is 20.7 Å². The van der Waals surface area contributed by atoms with E-state index in [9.17, 15) is 9.90 Å². The molecule has 3 aromatic heterocycles. The van der Waals surface area contributed by atoms with Crippen molar-refractivity contribution >= 4 is 17.4 Å². The van der Waals surface area contributed by atoms with E-state index in [0.717, 1.165) is 48.3 Å². The van der Waals surface area contributed by atoms with Crippen LogP contribution in [0, 0.1) is 6.92 Å². The molecular weight excluding hydrogens is 544 g/mol. The van der Waals surface area contributed by atoms with Gasteiger partial charge in [-0.15, -0.1) is 0 Å². The Morgan fingerprint density at radius 3 is 2.65 bits per heavy atom. The molecule has 10 heteroatoms. The maximum Gasteiger partial charge on any atom is 0.337 e. The Morgan fingerprint density at radius 1 is 1.12 bits per heavy atom. The van der Waals surface area contributed by atoms with E-state index in [-0.39, 0.29) is 5.60 Å². The number of hydrogen-bond acceptors (Lipinski definition) is 7. The molecule has 1 aromatic carbocycles. The van der Waals surface area contributed by atoms with Crippen LogP contribution in [0.2, 0.25) is 0 Å². The number of aryl methyl sites for hydroxylation is 2. The minimum atomic E-state index is -1.21. The van der Waals surface area contributed by atoms with E-state index in [1.54, 1.807) is 4.52 Å². The van der Waals surface area contributed by atoms with Crippen LogP contribution in [0.1, 0.15) is 70.0 Å². The number of fused-ring (bicyclic) bond motifs is 6. The molecule has 10 nitrogen and oxygen atoms in total. The zero-order valence-electron chi connectivity index (χ0n) is 25.6. The molecule has 0 spiro atoms. The van der Waals surface area contributed by atoms with Gasteiger partial charge in [0.1, 0.15) is 5.82 Å². The fraction of sp³-hybridized carbons (Fsp3) is 0.455. The number of ether oxygens (including phenoxy) is 2. The van der Waals surface area contributed by atoms with E-state index in [0.29, 0.717) is 42.4 Å². The summed E-state index contributed by atoms with van der Waals surface area (Å²) in [5, 5.41) is 20.2. The summed E-state index contributed by atoms with van der Waals surface area (Å²) in [6.45, 7) is 11.5. The minimum Gasteiger partial charge on any atom is -0.479 e. The SMILES string of the molecule is Cc1nc2cc3nn2c(c1[C@H](OC(C)(C)C)C(=O)O)N1CCC(C)(CC1)OC/C=C/CCc1ccn(n1)-c1cccc-3c1. The Bertz CT molecular complexity index is 1670. The average Bonchev–Trinajstić information content (AvgIpc) is 3.60. The molecular formula is C33H40N6O4. The molecule has 1 atom stereocenters. The van der Waals surface area contributed by atoms with E-state index >= 15 is 0 Å². The van der Waals surface area contributed by atoms with Crippen molar-refractivity contribution in [3.8, 4) is 16.9 Å². The van der Waals surface area contributed by atoms with Crippen LogP contribution in [0.15, 0.2) is 54.7 Å². The van der Waals surface area contributed by atoms with Crippen molar-refractivity contribution in [3.63, 3.8) is 0 Å². The summed E-state index contributed by atoms with van der Waals surface area (Å²) in [6.07, 6.45) is 8.35. The lowest BCUT2D eigenvalue weighted by Gasteiger charge is -2.41. The standard InChI is InChI=1S/C33H40N6O4/c1-22-28(29(31(40)41)43-32(2,3)4)30-37-17-14-33(5,15-18-37)42-19-8-6-7-11-24-13-16-38(35-24)25-12-9-10-23(20-25)26-21-27(34-22)39(30)36-26/h6,8-10,12-13,16,20-21,29H,7,11,14-15,17-19H2,1-5H3,(H,40,41)/b8-6+/t29-/m0/s1. The highest BCUT2D eigenvalue weighted by atomic mass is 16.5. The minimum absolute atomic E-state index is 0.286. The predicted octanol–water partition coefficient (Wildman–Crippen LogP) is 5.71. The molecule has 0 aliphatic carbocycles. The molecule has 8 bridgehead atoms. The molecule has 0 amide bonds. The topological polar surface area (TPSA) is 107 Å². The van der Waals surface area contributed by atoms with E-state index in [2.05, 4.69) is 36.1 Å². The summed E-state index contributed by atoms with van der Waals surface area (Å²) >= 11 is 0. The molecule has 0 saturated carbocycles. The summed E-state index contributed by atoms with van der Waals surface area (Å²) in [5.74, 6) is -0.355. The molecule has 1 fully saturated rings. The van der Waals surface area contributed by atoms with Crippen molar-refractivity contribution in [2.75, 3.05) is 24.6 Å². The van der Waals surface area contributed by atoms with Gasteiger partial charge in [0.2, 0.25) is 0 Å². The molecule has 1 saturated heterocycles. The van der Waals surface area contributed by atoms with Crippen molar-refractivity contribution in [1.29, 1.82) is 0 Å². The van der Waals surface area contributed by atoms with Crippen LogP contribution in [0.25, 0.3) is 22.6 Å². The van der Waals surface area contributed by atoms with Crippen LogP contribution in [-0.4, -0.2) is 66.4 Å². The second kappa shape index (κ2) is 11.2. The fourth-order valence-electron chi connectivity index (χ4n) is 5.90. The third-order valence-electron chi connectivity index (χ3n) is 8.20. The molecule has 6 heterocycles. The average molecular weight is 585 g/mol. The molecule has 3 aliphatic heterocycles. The smallest absolute Gasteiger partial charge is 0.337 e. The number of aromatic nitrogens is 5. The first-order valence-corrected chi connectivity index (χ1v) is 15.0. The fourth-order valence-corrected chi connectivity index (χ4v) is 5.90. The number of anilines is 1. The zero-order valence-corrected chi connectivity index (χ0v) is 25.6. The molecule has 226 valence electrons. The number of allylic oxidation sites excluding steroid dienone is 1. The molecule has 7 rings (SSSR count). The van der Waals surface area contributed by atoms with Crippen LogP contribution < -0.4 is 4.90 Å². The van der Waals surface area contributed by atoms with E-state index < -0.39 is 17.7 Å². The number of carbonyl (C=O) groups is 1. The number of carboxylic acids is 1. The maximum atomic E-state index is 12.7. The summed E-state index contributed by atoms with van der Waals surface area (Å²) in [7, 11) is 0. The number of hydrogen-bond donors (Lipinski definition) is 1. The Hall–Kier alpha value is -4.02. The third kappa shape index (κ3) is 6.07. The van der Waals surface area contributed by atoms with Crippen LogP contribution in [0.4, 0.5) is 5.82 Å². The highest BCUT2D eigenvalue weighted by Gasteiger charge is 2.37. The first-order valence-electron chi connectivity index (χ1n) is 15.0. The van der Waals surface area contributed by atoms with Crippen LogP contribution >= 0.6 is 0 Å². The molecule has 0 unspecified atom stereocenters. The van der Waals surface area contributed by atoms with E-state index in [4.69, 9.17) is 24.7 Å². The molecule has 3 aliphatic rings. The van der Waals surface area contributed by atoms with Crippen molar-refractivity contribution in [2.24, 2.45) is 0 Å². The number of rotatable bonds is 3. The van der Waals surface area contributed by atoms with Crippen LogP contribution in [0.3, 0.4) is 0 Å². The number of piperidine rings is 1. The first kappa shape index (κ1) is 29.1. The maximum absolute atomic E-state index is 12.7. The Balaban J connectivity index is 1.53. The van der Waals surface area contributed by atoms with Gasteiger partial charge < -0.3 is 19.5 Å². The van der Waals surface area contributed by atoms with E-state index in [1.807, 2.05) is 62.8 Å². The zero-order chi connectivity index (χ0) is 30.4. The van der Waals surface area contributed by atoms with Crippen molar-refractivity contribution in [1.82, 2.24) is 24.4 Å². The van der Waals surface area contributed by atoms with Gasteiger partial charge >= 0.3 is 5.97 Å². The lowest BCUT2D eigenvalue weighted by atomic mass is 9.92. The van der Waals surface area contributed by atoms with Crippen molar-refractivity contribution in [3.05, 3.63) is 71.7 Å². The largest absolute Gasteiger partial charge is 0.479 e. The second-order valence-corrected chi connectivity index (χ2v) is 12.7. The highest BCUT2D eigenvalue weighted by molar-refractivity contribution is 5.79. The number of carboxylic acid groups (broad SMARTS) is 1. The monoisotopic (exact) mass is 584 g/mol. The van der Waals surface area contributed by atoms with E-state index in [1.165, 1.54) is 0 Å². The molecule has 0 radical (unpaired) electrons. The molecule has 43 heavy (non-hydrogen) atoms. The van der Waals surface area contributed by atoms with Gasteiger partial charge in [-0.2, -0.15) is 14.7 Å². The number of nitrogens with zero attached hydrogens (tertiary/aromatic N) is 6. The quantitative estimate of drug-likeness (QED) is 0.305. The van der Waals surface area contributed by atoms with Gasteiger partial charge in [0.15, 0.2) is 11.8 Å². The normalized spacial score (nSPS) is 18.6. The molecule has 4 aromatic rings. The van der Waals surface area contributed by atoms with Gasteiger partial charge in [-0.3, -0.25) is 0 Å². The lowest BCUT2D eigenvalue weighted by molar-refractivity contribution is -0.160. The highest BCUT2D eigenvalue weighted by Crippen LogP contribution is 2.38. The van der Waals surface area contributed by atoms with Crippen molar-refractivity contribution in [2.45, 2.75) is 77.6 Å². The summed E-state index contributed by atoms with van der Waals surface area (Å²) in [6, 6.07) is 12.1. The number of benzene rings is 1. The van der Waals surface area contributed by atoms with Gasteiger partial charge in [-0.1, -0.05) is 24.3 Å². The summed E-state index contributed by atoms with van der Waals surface area (Å²) < 4.78 is 16.2. The summed E-state index contributed by atoms with van der Waals surface area (Å²) in [4.78, 5) is 19.8. The first-order chi connectivity index (χ1) is 20.5. The van der Waals surface area contributed by atoms with Crippen LogP contribution in [0.5, 0.6) is 0 Å². The lowest BCUT2D eigenvalue weighted by Crippen LogP contribution is -2.45. The van der Waals surface area contributed by atoms with Gasteiger partial charge in [-0.05, 0) is 78.5 Å². The van der Waals surface area contributed by atoms with Gasteiger partial charge in [-0.25, -0.2) is 14.5 Å². The third-order valence-corrected chi connectivity index (χ3v) is 8.20. The number of aliphatic carboxylic acids is 1. The predicted molar refractivity (Wildman–Crippen MR) is 165 cm³/mol. The van der Waals surface area contributed by atoms with Crippen molar-refractivity contribution < 1.29 is 19.4 Å². The Kier molecular flexibility index (Phi) is 7.60. The second-order valence-electron chi connectivity index (χ2n) is 12.7. The summed E-state index contributed by atoms with van der Waals surface area (Å²) in [5.41, 5.74) is 4.44. The van der Waals surface area contributed by atoms with Gasteiger partial charge in [0.25, 0.3) is 0 Å². The van der Waals surface area contributed by atoms with Gasteiger partial charge in [0, 0.05) is 36.6 Å². The Labute approximate surface area is 251 Å². The molecule has 1 N–H and O–H groups in total. The van der Waals surface area contributed by atoms with Gasteiger partial charge in [0.05, 0.1) is 40.4 Å². The Morgan fingerprint density at radius 2 is 1.91 bits per heavy atom.